The van der Waals surface area contributed by atoms with Crippen LogP contribution in [-0.4, -0.2) is 32.1 Å². The average Bonchev–Trinajstić information content (AvgIpc) is 2.45. The van der Waals surface area contributed by atoms with Gasteiger partial charge in [0.25, 0.3) is 5.91 Å². The van der Waals surface area contributed by atoms with Gasteiger partial charge in [-0.1, -0.05) is 24.6 Å². The van der Waals surface area contributed by atoms with E-state index in [2.05, 4.69) is 17.6 Å². The predicted molar refractivity (Wildman–Crippen MR) is 87.1 cm³/mol. The second-order valence-corrected chi connectivity index (χ2v) is 5.94. The predicted octanol–water partition coefficient (Wildman–Crippen LogP) is 2.30. The van der Waals surface area contributed by atoms with Crippen LogP contribution in [-0.2, 0) is 4.79 Å². The molecule has 1 saturated heterocycles. The van der Waals surface area contributed by atoms with E-state index in [0.717, 1.165) is 38.2 Å². The van der Waals surface area contributed by atoms with Crippen LogP contribution in [0.5, 0.6) is 5.75 Å². The lowest BCUT2D eigenvalue weighted by atomic mass is 9.81. The van der Waals surface area contributed by atoms with Gasteiger partial charge in [-0.2, -0.15) is 0 Å². The quantitative estimate of drug-likeness (QED) is 0.877. The Balaban J connectivity index is 0.00000220. The normalized spacial score (nSPS) is 16.7. The number of carbonyl (C=O) groups excluding carboxylic acids is 1. The Labute approximate surface area is 133 Å². The lowest BCUT2D eigenvalue weighted by Crippen LogP contribution is -2.43. The maximum absolute atomic E-state index is 11.8. The highest BCUT2D eigenvalue weighted by atomic mass is 35.5. The SMILES string of the molecule is Cc1ccc(OCC(=O)NCC2(C)CCNCC2)cc1.Cl. The van der Waals surface area contributed by atoms with Gasteiger partial charge in [-0.15, -0.1) is 12.4 Å². The van der Waals surface area contributed by atoms with Crippen molar-refractivity contribution in [3.63, 3.8) is 0 Å². The number of piperidine rings is 1. The highest BCUT2D eigenvalue weighted by Gasteiger charge is 2.26. The van der Waals surface area contributed by atoms with Gasteiger partial charge in [0, 0.05) is 6.54 Å². The minimum absolute atomic E-state index is 0. The first-order valence-electron chi connectivity index (χ1n) is 7.24. The van der Waals surface area contributed by atoms with Gasteiger partial charge in [-0.3, -0.25) is 4.79 Å². The number of halogens is 1. The first-order chi connectivity index (χ1) is 9.57. The van der Waals surface area contributed by atoms with E-state index in [0.29, 0.717) is 0 Å². The molecule has 1 aromatic carbocycles. The monoisotopic (exact) mass is 312 g/mol. The molecule has 0 aliphatic carbocycles. The third-order valence-electron chi connectivity index (χ3n) is 3.91. The summed E-state index contributed by atoms with van der Waals surface area (Å²) in [6.45, 7) is 7.13. The van der Waals surface area contributed by atoms with Crippen LogP contribution in [0.2, 0.25) is 0 Å². The molecular formula is C16H25ClN2O2. The molecule has 0 atom stereocenters. The lowest BCUT2D eigenvalue weighted by Gasteiger charge is -2.34. The van der Waals surface area contributed by atoms with Crippen LogP contribution < -0.4 is 15.4 Å². The standard InChI is InChI=1S/C16H24N2O2.ClH/c1-13-3-5-14(6-4-13)20-11-15(19)18-12-16(2)7-9-17-10-8-16;/h3-6,17H,7-12H2,1-2H3,(H,18,19);1H. The summed E-state index contributed by atoms with van der Waals surface area (Å²) in [4.78, 5) is 11.8. The third-order valence-corrected chi connectivity index (χ3v) is 3.91. The van der Waals surface area contributed by atoms with Crippen molar-refractivity contribution in [2.24, 2.45) is 5.41 Å². The molecule has 1 aromatic rings. The molecule has 21 heavy (non-hydrogen) atoms. The first-order valence-corrected chi connectivity index (χ1v) is 7.24. The minimum Gasteiger partial charge on any atom is -0.484 e. The van der Waals surface area contributed by atoms with Crippen molar-refractivity contribution >= 4 is 18.3 Å². The molecule has 4 nitrogen and oxygen atoms in total. The molecule has 1 amide bonds. The Hall–Kier alpha value is -1.26. The highest BCUT2D eigenvalue weighted by Crippen LogP contribution is 2.26. The molecule has 0 bridgehead atoms. The molecular weight excluding hydrogens is 288 g/mol. The molecule has 1 aliphatic heterocycles. The number of nitrogens with one attached hydrogen (secondary N) is 2. The smallest absolute Gasteiger partial charge is 0.257 e. The lowest BCUT2D eigenvalue weighted by molar-refractivity contribution is -0.123. The molecule has 0 spiro atoms. The third kappa shape index (κ3) is 5.94. The average molecular weight is 313 g/mol. The van der Waals surface area contributed by atoms with Gasteiger partial charge in [-0.25, -0.2) is 0 Å². The van der Waals surface area contributed by atoms with Crippen LogP contribution >= 0.6 is 12.4 Å². The zero-order chi connectivity index (χ0) is 14.4. The number of hydrogen-bond acceptors (Lipinski definition) is 3. The molecule has 0 unspecified atom stereocenters. The molecule has 0 saturated carbocycles. The van der Waals surface area contributed by atoms with Crippen LogP contribution in [0, 0.1) is 12.3 Å². The van der Waals surface area contributed by atoms with Crippen LogP contribution in [0.3, 0.4) is 0 Å². The van der Waals surface area contributed by atoms with Gasteiger partial charge in [-0.05, 0) is 50.4 Å². The summed E-state index contributed by atoms with van der Waals surface area (Å²) in [5, 5.41) is 6.32. The van der Waals surface area contributed by atoms with Crippen molar-refractivity contribution < 1.29 is 9.53 Å². The maximum atomic E-state index is 11.8. The van der Waals surface area contributed by atoms with Gasteiger partial charge in [0.05, 0.1) is 0 Å². The number of rotatable bonds is 5. The van der Waals surface area contributed by atoms with E-state index in [1.807, 2.05) is 31.2 Å². The molecule has 1 heterocycles. The summed E-state index contributed by atoms with van der Waals surface area (Å²) in [5.41, 5.74) is 1.39. The van der Waals surface area contributed by atoms with Gasteiger partial charge in [0.1, 0.15) is 5.75 Å². The van der Waals surface area contributed by atoms with Crippen molar-refractivity contribution in [2.45, 2.75) is 26.7 Å². The van der Waals surface area contributed by atoms with E-state index in [-0.39, 0.29) is 30.3 Å². The van der Waals surface area contributed by atoms with E-state index >= 15 is 0 Å². The number of carbonyl (C=O) groups is 1. The van der Waals surface area contributed by atoms with Crippen LogP contribution in [0.25, 0.3) is 0 Å². The number of benzene rings is 1. The van der Waals surface area contributed by atoms with Crippen LogP contribution in [0.1, 0.15) is 25.3 Å². The molecule has 0 aromatic heterocycles. The summed E-state index contributed by atoms with van der Waals surface area (Å²) in [7, 11) is 0. The topological polar surface area (TPSA) is 50.4 Å². The van der Waals surface area contributed by atoms with Crippen molar-refractivity contribution in [1.82, 2.24) is 10.6 Å². The Morgan fingerprint density at radius 1 is 1.29 bits per heavy atom. The maximum Gasteiger partial charge on any atom is 0.257 e. The van der Waals surface area contributed by atoms with Crippen LogP contribution in [0.4, 0.5) is 0 Å². The Morgan fingerprint density at radius 2 is 1.90 bits per heavy atom. The number of aryl methyl sites for hydroxylation is 1. The Bertz CT molecular complexity index is 442. The van der Waals surface area contributed by atoms with Crippen molar-refractivity contribution in [3.05, 3.63) is 29.8 Å². The second kappa shape index (κ2) is 8.25. The fourth-order valence-corrected chi connectivity index (χ4v) is 2.35. The fraction of sp³-hybridized carbons (Fsp3) is 0.562. The molecule has 0 radical (unpaired) electrons. The Kier molecular flexibility index (Phi) is 6.99. The fourth-order valence-electron chi connectivity index (χ4n) is 2.35. The molecule has 1 aliphatic rings. The van der Waals surface area contributed by atoms with Crippen molar-refractivity contribution in [1.29, 1.82) is 0 Å². The number of hydrogen-bond donors (Lipinski definition) is 2. The summed E-state index contributed by atoms with van der Waals surface area (Å²) < 4.78 is 5.47. The summed E-state index contributed by atoms with van der Waals surface area (Å²) in [5.74, 6) is 0.684. The summed E-state index contributed by atoms with van der Waals surface area (Å²) in [6.07, 6.45) is 2.21. The molecule has 118 valence electrons. The van der Waals surface area contributed by atoms with Crippen LogP contribution in [0.15, 0.2) is 24.3 Å². The second-order valence-electron chi connectivity index (χ2n) is 5.94. The van der Waals surface area contributed by atoms with Crippen molar-refractivity contribution in [3.8, 4) is 5.75 Å². The van der Waals surface area contributed by atoms with E-state index in [4.69, 9.17) is 4.74 Å². The van der Waals surface area contributed by atoms with E-state index in [1.54, 1.807) is 0 Å². The number of ether oxygens (including phenoxy) is 1. The molecule has 2 N–H and O–H groups in total. The Morgan fingerprint density at radius 3 is 2.52 bits per heavy atom. The van der Waals surface area contributed by atoms with E-state index in [1.165, 1.54) is 5.56 Å². The summed E-state index contributed by atoms with van der Waals surface area (Å²) in [6, 6.07) is 7.72. The van der Waals surface area contributed by atoms with Gasteiger partial charge in [0.15, 0.2) is 6.61 Å². The molecule has 2 rings (SSSR count). The first kappa shape index (κ1) is 17.8. The summed E-state index contributed by atoms with van der Waals surface area (Å²) >= 11 is 0. The van der Waals surface area contributed by atoms with Gasteiger partial charge in [0.2, 0.25) is 0 Å². The zero-order valence-corrected chi connectivity index (χ0v) is 13.6. The zero-order valence-electron chi connectivity index (χ0n) is 12.8. The molecule has 1 fully saturated rings. The largest absolute Gasteiger partial charge is 0.484 e. The van der Waals surface area contributed by atoms with Gasteiger partial charge < -0.3 is 15.4 Å². The highest BCUT2D eigenvalue weighted by molar-refractivity contribution is 5.85. The molecule has 5 heteroatoms. The van der Waals surface area contributed by atoms with E-state index < -0.39 is 0 Å². The number of amides is 1. The van der Waals surface area contributed by atoms with E-state index in [9.17, 15) is 4.79 Å². The van der Waals surface area contributed by atoms with Gasteiger partial charge >= 0.3 is 0 Å². The van der Waals surface area contributed by atoms with Crippen molar-refractivity contribution in [2.75, 3.05) is 26.2 Å². The minimum atomic E-state index is -0.0506.